The minimum Gasteiger partial charge on any atom is -0.462 e. The Balaban J connectivity index is 5.28. The molecule has 0 fully saturated rings. The normalized spacial score (nSPS) is 14.8. The first-order valence-corrected chi connectivity index (χ1v) is 37.7. The Labute approximate surface area is 529 Å². The zero-order valence-corrected chi connectivity index (χ0v) is 57.7. The summed E-state index contributed by atoms with van der Waals surface area (Å²) in [6.45, 7) is 11.6. The van der Waals surface area contributed by atoms with Gasteiger partial charge in [0, 0.05) is 25.7 Å². The summed E-state index contributed by atoms with van der Waals surface area (Å²) in [5.74, 6) is -0.00686. The number of allylic oxidation sites excluding steroid dienone is 4. The van der Waals surface area contributed by atoms with Crippen LogP contribution in [0.3, 0.4) is 0 Å². The number of carbonyl (C=O) groups excluding carboxylic acids is 4. The summed E-state index contributed by atoms with van der Waals surface area (Å²) < 4.78 is 68.1. The van der Waals surface area contributed by atoms with E-state index in [4.69, 9.17) is 37.0 Å². The molecule has 0 aromatic carbocycles. The number of ether oxygens (including phenoxy) is 4. The number of phosphoric ester groups is 2. The molecule has 0 aromatic heterocycles. The van der Waals surface area contributed by atoms with E-state index in [1.165, 1.54) is 103 Å². The molecule has 19 heteroatoms. The van der Waals surface area contributed by atoms with Crippen LogP contribution in [0.15, 0.2) is 24.3 Å². The number of aliphatic hydroxyl groups is 1. The summed E-state index contributed by atoms with van der Waals surface area (Å²) in [7, 11) is -9.91. The second-order valence-electron chi connectivity index (χ2n) is 25.1. The van der Waals surface area contributed by atoms with Crippen LogP contribution in [0.25, 0.3) is 0 Å². The van der Waals surface area contributed by atoms with E-state index >= 15 is 0 Å². The van der Waals surface area contributed by atoms with E-state index in [0.29, 0.717) is 31.6 Å². The van der Waals surface area contributed by atoms with E-state index < -0.39 is 97.5 Å². The van der Waals surface area contributed by atoms with E-state index in [0.717, 1.165) is 121 Å². The van der Waals surface area contributed by atoms with E-state index in [9.17, 15) is 43.2 Å². The number of phosphoric acid groups is 2. The Kier molecular flexibility index (Phi) is 57.0. The van der Waals surface area contributed by atoms with Crippen molar-refractivity contribution < 1.29 is 80.2 Å². The number of hydrogen-bond donors (Lipinski definition) is 3. The van der Waals surface area contributed by atoms with Crippen LogP contribution in [-0.4, -0.2) is 96.7 Å². The number of rotatable bonds is 64. The van der Waals surface area contributed by atoms with Crippen molar-refractivity contribution in [1.82, 2.24) is 0 Å². The second kappa shape index (κ2) is 58.6. The molecule has 512 valence electrons. The van der Waals surface area contributed by atoms with Crippen LogP contribution in [0.4, 0.5) is 0 Å². The van der Waals surface area contributed by atoms with Gasteiger partial charge in [0.1, 0.15) is 19.3 Å². The predicted octanol–water partition coefficient (Wildman–Crippen LogP) is 18.6. The highest BCUT2D eigenvalue weighted by molar-refractivity contribution is 7.47. The molecule has 4 unspecified atom stereocenters. The van der Waals surface area contributed by atoms with Crippen molar-refractivity contribution in [2.24, 2.45) is 17.8 Å². The Morgan fingerprint density at radius 2 is 0.678 bits per heavy atom. The van der Waals surface area contributed by atoms with Crippen molar-refractivity contribution in [1.29, 1.82) is 0 Å². The van der Waals surface area contributed by atoms with Crippen LogP contribution in [0.1, 0.15) is 312 Å². The highest BCUT2D eigenvalue weighted by Crippen LogP contribution is 2.45. The molecule has 0 saturated carbocycles. The Bertz CT molecular complexity index is 1810. The third kappa shape index (κ3) is 60.9. The lowest BCUT2D eigenvalue weighted by molar-refractivity contribution is -0.161. The van der Waals surface area contributed by atoms with Gasteiger partial charge in [0.2, 0.25) is 0 Å². The largest absolute Gasteiger partial charge is 0.472 e. The summed E-state index contributed by atoms with van der Waals surface area (Å²) in [4.78, 5) is 72.4. The van der Waals surface area contributed by atoms with Gasteiger partial charge in [0.15, 0.2) is 12.2 Å². The fraction of sp³-hybridized carbons (Fsp3) is 0.882. The lowest BCUT2D eigenvalue weighted by atomic mass is 10.00. The number of unbranched alkanes of at least 4 members (excludes halogenated alkanes) is 28. The summed E-state index contributed by atoms with van der Waals surface area (Å²) in [6.07, 6.45) is 44.0. The highest BCUT2D eigenvalue weighted by Gasteiger charge is 2.30. The summed E-state index contributed by atoms with van der Waals surface area (Å²) in [5, 5.41) is 10.6. The summed E-state index contributed by atoms with van der Waals surface area (Å²) in [6, 6.07) is 0. The number of carbonyl (C=O) groups is 4. The Morgan fingerprint density at radius 1 is 0.379 bits per heavy atom. The van der Waals surface area contributed by atoms with Crippen molar-refractivity contribution in [2.75, 3.05) is 39.6 Å². The lowest BCUT2D eigenvalue weighted by Gasteiger charge is -2.21. The molecule has 0 radical (unpaired) electrons. The van der Waals surface area contributed by atoms with E-state index in [1.807, 2.05) is 0 Å². The van der Waals surface area contributed by atoms with Gasteiger partial charge >= 0.3 is 39.5 Å². The summed E-state index contributed by atoms with van der Waals surface area (Å²) in [5.41, 5.74) is 0. The van der Waals surface area contributed by atoms with Crippen LogP contribution in [0, 0.1) is 17.8 Å². The first-order valence-electron chi connectivity index (χ1n) is 34.7. The van der Waals surface area contributed by atoms with E-state index in [1.54, 1.807) is 0 Å². The average molecular weight is 1280 g/mol. The predicted molar refractivity (Wildman–Crippen MR) is 349 cm³/mol. The number of aliphatic hydroxyl groups excluding tert-OH is 1. The molecular weight excluding hydrogens is 1150 g/mol. The van der Waals surface area contributed by atoms with Gasteiger partial charge in [0.25, 0.3) is 0 Å². The van der Waals surface area contributed by atoms with Gasteiger partial charge in [-0.05, 0) is 69.1 Å². The van der Waals surface area contributed by atoms with Crippen LogP contribution in [0.5, 0.6) is 0 Å². The lowest BCUT2D eigenvalue weighted by Crippen LogP contribution is -2.30. The van der Waals surface area contributed by atoms with Crippen LogP contribution >= 0.6 is 15.6 Å². The zero-order chi connectivity index (χ0) is 64.5. The maximum Gasteiger partial charge on any atom is 0.472 e. The fourth-order valence-electron chi connectivity index (χ4n) is 9.61. The zero-order valence-electron chi connectivity index (χ0n) is 56.0. The number of esters is 4. The van der Waals surface area contributed by atoms with Gasteiger partial charge < -0.3 is 33.8 Å². The van der Waals surface area contributed by atoms with Crippen LogP contribution < -0.4 is 0 Å². The molecule has 0 heterocycles. The Hall–Kier alpha value is -2.46. The molecule has 3 N–H and O–H groups in total. The molecule has 0 bridgehead atoms. The molecule has 0 amide bonds. The monoisotopic (exact) mass is 1280 g/mol. The quantitative estimate of drug-likeness (QED) is 0.0169. The van der Waals surface area contributed by atoms with Gasteiger partial charge in [-0.25, -0.2) is 9.13 Å². The SMILES string of the molecule is CCCCCC/C=C\C=C/CCCCCCCC(=O)OC[C@H](COP(=O)(O)OCC(O)COP(=O)(O)OC[C@@H](COC(=O)CCCCCCCCCCC(C)C)OC(=O)CCCCCCCCC(C)CC)OC(=O)CCCCCCCCCCC(C)C. The first-order chi connectivity index (χ1) is 41.8. The van der Waals surface area contributed by atoms with Gasteiger partial charge in [-0.2, -0.15) is 0 Å². The fourth-order valence-corrected chi connectivity index (χ4v) is 11.2. The number of hydrogen-bond acceptors (Lipinski definition) is 15. The Morgan fingerprint density at radius 3 is 1.02 bits per heavy atom. The maximum absolute atomic E-state index is 13.0. The molecule has 87 heavy (non-hydrogen) atoms. The average Bonchev–Trinajstić information content (AvgIpc) is 3.69. The first kappa shape index (κ1) is 84.5. The van der Waals surface area contributed by atoms with E-state index in [-0.39, 0.29) is 25.7 Å². The molecule has 17 nitrogen and oxygen atoms in total. The van der Waals surface area contributed by atoms with Gasteiger partial charge in [0.05, 0.1) is 26.4 Å². The summed E-state index contributed by atoms with van der Waals surface area (Å²) >= 11 is 0. The van der Waals surface area contributed by atoms with E-state index in [2.05, 4.69) is 72.8 Å². The highest BCUT2D eigenvalue weighted by atomic mass is 31.2. The molecule has 0 aliphatic heterocycles. The van der Waals surface area contributed by atoms with Crippen molar-refractivity contribution in [3.63, 3.8) is 0 Å². The van der Waals surface area contributed by atoms with Gasteiger partial charge in [-0.15, -0.1) is 0 Å². The third-order valence-corrected chi connectivity index (χ3v) is 17.3. The minimum absolute atomic E-state index is 0.0970. The standard InChI is InChI=1S/C68H128O17P2/c1-8-10-11-12-13-14-15-16-17-18-19-20-27-35-42-49-65(70)78-55-63(84-67(72)51-44-37-29-24-22-26-33-40-47-60(5)6)57-82-86(74,75)80-53-62(69)54-81-87(76,77)83-58-64(85-68(73)52-45-38-31-30-34-41-48-61(7)9-2)56-79-66(71)50-43-36-28-23-21-25-32-39-46-59(3)4/h14-17,59-64,69H,8-13,18-58H2,1-7H3,(H,74,75)(H,76,77)/b15-14-,17-16-/t61?,62?,63-,64-/m1/s1. The molecule has 0 rings (SSSR count). The van der Waals surface area contributed by atoms with Crippen molar-refractivity contribution >= 4 is 39.5 Å². The molecule has 6 atom stereocenters. The van der Waals surface area contributed by atoms with Crippen LogP contribution in [-0.2, 0) is 65.4 Å². The molecule has 0 aliphatic carbocycles. The molecule has 0 saturated heterocycles. The molecule has 0 spiro atoms. The molecule has 0 aliphatic rings. The minimum atomic E-state index is -4.96. The maximum atomic E-state index is 13.0. The van der Waals surface area contributed by atoms with Crippen molar-refractivity contribution in [3.8, 4) is 0 Å². The molecule has 0 aromatic rings. The van der Waals surface area contributed by atoms with Gasteiger partial charge in [-0.3, -0.25) is 37.3 Å². The smallest absolute Gasteiger partial charge is 0.462 e. The third-order valence-electron chi connectivity index (χ3n) is 15.4. The second-order valence-corrected chi connectivity index (χ2v) is 28.0. The molecular formula is C68H128O17P2. The van der Waals surface area contributed by atoms with Gasteiger partial charge in [-0.1, -0.05) is 259 Å². The van der Waals surface area contributed by atoms with Crippen molar-refractivity contribution in [3.05, 3.63) is 24.3 Å². The topological polar surface area (TPSA) is 237 Å². The van der Waals surface area contributed by atoms with Crippen molar-refractivity contribution in [2.45, 2.75) is 330 Å². The van der Waals surface area contributed by atoms with Crippen LogP contribution in [0.2, 0.25) is 0 Å².